The third-order valence-corrected chi connectivity index (χ3v) is 5.30. The van der Waals surface area contributed by atoms with Crippen LogP contribution in [0.25, 0.3) is 0 Å². The Labute approximate surface area is 170 Å². The number of benzene rings is 2. The van der Waals surface area contributed by atoms with Crippen molar-refractivity contribution in [2.24, 2.45) is 0 Å². The van der Waals surface area contributed by atoms with E-state index in [1.807, 2.05) is 35.2 Å². The maximum absolute atomic E-state index is 11.9. The number of aldehydes is 1. The van der Waals surface area contributed by atoms with Crippen LogP contribution >= 0.6 is 11.6 Å². The number of aliphatic hydroxyl groups excluding tert-OH is 1. The van der Waals surface area contributed by atoms with Gasteiger partial charge in [-0.05, 0) is 30.3 Å². The summed E-state index contributed by atoms with van der Waals surface area (Å²) in [4.78, 5) is 16.0. The summed E-state index contributed by atoms with van der Waals surface area (Å²) in [5, 5.41) is 10.6. The number of aliphatic hydroxyl groups is 1. The Morgan fingerprint density at radius 2 is 1.89 bits per heavy atom. The normalized spacial score (nSPS) is 20.1. The van der Waals surface area contributed by atoms with Crippen LogP contribution in [0.2, 0.25) is 5.02 Å². The topological polar surface area (TPSA) is 62.2 Å². The molecule has 28 heavy (non-hydrogen) atoms. The van der Waals surface area contributed by atoms with Gasteiger partial charge in [0.15, 0.2) is 0 Å². The van der Waals surface area contributed by atoms with Gasteiger partial charge in [0.1, 0.15) is 17.8 Å². The van der Waals surface area contributed by atoms with E-state index in [2.05, 4.69) is 4.90 Å². The Morgan fingerprint density at radius 3 is 2.50 bits per heavy atom. The molecular weight excluding hydrogens is 380 g/mol. The first kappa shape index (κ1) is 20.5. The van der Waals surface area contributed by atoms with Crippen molar-refractivity contribution in [1.82, 2.24) is 4.90 Å². The number of ether oxygens (including phenoxy) is 2. The Balaban J connectivity index is 1.81. The highest BCUT2D eigenvalue weighted by Gasteiger charge is 2.34. The molecule has 1 saturated heterocycles. The lowest BCUT2D eigenvalue weighted by atomic mass is 10.0. The third-order valence-electron chi connectivity index (χ3n) is 5.05. The molecule has 6 nitrogen and oxygen atoms in total. The first-order chi connectivity index (χ1) is 13.6. The maximum atomic E-state index is 11.9. The van der Waals surface area contributed by atoms with Crippen LogP contribution in [0.3, 0.4) is 0 Å². The number of carbonyl (C=O) groups excluding carboxylic acids is 1. The first-order valence-corrected chi connectivity index (χ1v) is 9.50. The molecule has 0 aromatic heterocycles. The predicted octanol–water partition coefficient (Wildman–Crippen LogP) is 2.61. The number of rotatable bonds is 7. The third kappa shape index (κ3) is 4.41. The van der Waals surface area contributed by atoms with E-state index in [0.29, 0.717) is 24.7 Å². The summed E-state index contributed by atoms with van der Waals surface area (Å²) < 4.78 is 10.7. The molecule has 2 aromatic rings. The smallest absolute Gasteiger partial charge is 0.143 e. The number of halogens is 1. The molecule has 7 heteroatoms. The minimum absolute atomic E-state index is 0.0524. The molecule has 2 aromatic carbocycles. The highest BCUT2D eigenvalue weighted by Crippen LogP contribution is 2.29. The van der Waals surface area contributed by atoms with Crippen LogP contribution in [0.5, 0.6) is 11.5 Å². The van der Waals surface area contributed by atoms with E-state index < -0.39 is 0 Å². The number of piperazine rings is 1. The van der Waals surface area contributed by atoms with E-state index in [9.17, 15) is 9.90 Å². The lowest BCUT2D eigenvalue weighted by molar-refractivity contribution is -0.110. The molecule has 3 rings (SSSR count). The van der Waals surface area contributed by atoms with Crippen LogP contribution in [0.15, 0.2) is 42.5 Å². The van der Waals surface area contributed by atoms with Crippen molar-refractivity contribution in [2.75, 3.05) is 38.8 Å². The molecular formula is C21H25ClN2O4. The Bertz CT molecular complexity index is 799. The van der Waals surface area contributed by atoms with E-state index in [0.717, 1.165) is 29.0 Å². The number of carbonyl (C=O) groups is 1. The monoisotopic (exact) mass is 404 g/mol. The molecule has 0 bridgehead atoms. The summed E-state index contributed by atoms with van der Waals surface area (Å²) in [5.74, 6) is 1.47. The maximum Gasteiger partial charge on any atom is 0.143 e. The number of anilines is 1. The number of hydrogen-bond acceptors (Lipinski definition) is 6. The fraction of sp³-hybridized carbons (Fsp3) is 0.381. The van der Waals surface area contributed by atoms with Crippen molar-refractivity contribution in [3.8, 4) is 11.5 Å². The summed E-state index contributed by atoms with van der Waals surface area (Å²) in [5.41, 5.74) is 1.88. The summed E-state index contributed by atoms with van der Waals surface area (Å²) in [6.45, 7) is 1.74. The Kier molecular flexibility index (Phi) is 6.78. The molecule has 1 N–H and O–H groups in total. The van der Waals surface area contributed by atoms with Crippen molar-refractivity contribution >= 4 is 23.6 Å². The zero-order valence-corrected chi connectivity index (χ0v) is 16.8. The standard InChI is InChI=1S/C21H25ClN2O4/c1-27-20-8-3-15(21(9-20)28-2)10-23-11-18(13-25)24(19(12-23)14-26)17-6-4-16(22)5-7-17/h3-9,13,18-19,26H,10-12,14H2,1-2H3/t18?,19-/m1/s1. The average Bonchev–Trinajstić information content (AvgIpc) is 2.74. The van der Waals surface area contributed by atoms with Gasteiger partial charge in [-0.3, -0.25) is 4.90 Å². The highest BCUT2D eigenvalue weighted by molar-refractivity contribution is 6.30. The molecule has 0 amide bonds. The van der Waals surface area contributed by atoms with Gasteiger partial charge in [-0.1, -0.05) is 17.7 Å². The van der Waals surface area contributed by atoms with Crippen LogP contribution in [0, 0.1) is 0 Å². The Morgan fingerprint density at radius 1 is 1.14 bits per heavy atom. The summed E-state index contributed by atoms with van der Waals surface area (Å²) in [7, 11) is 3.24. The van der Waals surface area contributed by atoms with Crippen LogP contribution in [-0.2, 0) is 11.3 Å². The summed E-state index contributed by atoms with van der Waals surface area (Å²) in [6.07, 6.45) is 0.939. The minimum atomic E-state index is -0.365. The Hall–Kier alpha value is -2.28. The molecule has 1 fully saturated rings. The molecule has 1 aliphatic rings. The van der Waals surface area contributed by atoms with E-state index in [1.54, 1.807) is 26.4 Å². The first-order valence-electron chi connectivity index (χ1n) is 9.13. The fourth-order valence-corrected chi connectivity index (χ4v) is 3.83. The minimum Gasteiger partial charge on any atom is -0.497 e. The lowest BCUT2D eigenvalue weighted by Crippen LogP contribution is -2.60. The van der Waals surface area contributed by atoms with Gasteiger partial charge in [0, 0.05) is 42.0 Å². The van der Waals surface area contributed by atoms with Gasteiger partial charge < -0.3 is 24.3 Å². The van der Waals surface area contributed by atoms with Gasteiger partial charge >= 0.3 is 0 Å². The van der Waals surface area contributed by atoms with E-state index in [-0.39, 0.29) is 18.7 Å². The molecule has 1 unspecified atom stereocenters. The number of methoxy groups -OCH3 is 2. The molecule has 1 heterocycles. The molecule has 0 aliphatic carbocycles. The summed E-state index contributed by atoms with van der Waals surface area (Å²) >= 11 is 5.99. The second-order valence-corrected chi connectivity index (χ2v) is 7.23. The molecule has 0 spiro atoms. The molecule has 0 saturated carbocycles. The van der Waals surface area contributed by atoms with Gasteiger partial charge in [-0.15, -0.1) is 0 Å². The van der Waals surface area contributed by atoms with Crippen LogP contribution in [0.1, 0.15) is 5.56 Å². The van der Waals surface area contributed by atoms with E-state index >= 15 is 0 Å². The molecule has 0 radical (unpaired) electrons. The molecule has 150 valence electrons. The predicted molar refractivity (Wildman–Crippen MR) is 109 cm³/mol. The van der Waals surface area contributed by atoms with E-state index in [4.69, 9.17) is 21.1 Å². The van der Waals surface area contributed by atoms with Gasteiger partial charge in [0.2, 0.25) is 0 Å². The van der Waals surface area contributed by atoms with Gasteiger partial charge in [-0.2, -0.15) is 0 Å². The highest BCUT2D eigenvalue weighted by atomic mass is 35.5. The van der Waals surface area contributed by atoms with E-state index in [1.165, 1.54) is 0 Å². The van der Waals surface area contributed by atoms with Gasteiger partial charge in [0.25, 0.3) is 0 Å². The van der Waals surface area contributed by atoms with Crippen molar-refractivity contribution < 1.29 is 19.4 Å². The second-order valence-electron chi connectivity index (χ2n) is 6.80. The van der Waals surface area contributed by atoms with Crippen molar-refractivity contribution in [3.63, 3.8) is 0 Å². The van der Waals surface area contributed by atoms with Crippen molar-refractivity contribution in [2.45, 2.75) is 18.6 Å². The fourth-order valence-electron chi connectivity index (χ4n) is 3.71. The number of nitrogens with zero attached hydrogens (tertiary/aromatic N) is 2. The lowest BCUT2D eigenvalue weighted by Gasteiger charge is -2.45. The second kappa shape index (κ2) is 9.28. The van der Waals surface area contributed by atoms with Crippen LogP contribution in [-0.4, -0.2) is 62.3 Å². The van der Waals surface area contributed by atoms with Crippen molar-refractivity contribution in [3.05, 3.63) is 53.1 Å². The zero-order valence-electron chi connectivity index (χ0n) is 16.0. The van der Waals surface area contributed by atoms with Crippen molar-refractivity contribution in [1.29, 1.82) is 0 Å². The van der Waals surface area contributed by atoms with Crippen LogP contribution < -0.4 is 14.4 Å². The van der Waals surface area contributed by atoms with Gasteiger partial charge in [-0.25, -0.2) is 0 Å². The van der Waals surface area contributed by atoms with Crippen LogP contribution in [0.4, 0.5) is 5.69 Å². The SMILES string of the molecule is COc1ccc(CN2CC(C=O)N(c3ccc(Cl)cc3)[C@@H](CO)C2)c(OC)c1. The average molecular weight is 405 g/mol. The molecule has 1 aliphatic heterocycles. The zero-order chi connectivity index (χ0) is 20.1. The van der Waals surface area contributed by atoms with Gasteiger partial charge in [0.05, 0.1) is 32.9 Å². The molecule has 2 atom stereocenters. The number of hydrogen-bond donors (Lipinski definition) is 1. The summed E-state index contributed by atoms with van der Waals surface area (Å²) in [6, 6.07) is 12.5. The largest absolute Gasteiger partial charge is 0.497 e. The quantitative estimate of drug-likeness (QED) is 0.716.